The quantitative estimate of drug-likeness (QED) is 0.151. The first kappa shape index (κ1) is 43.8. The summed E-state index contributed by atoms with van der Waals surface area (Å²) < 4.78 is 0. The van der Waals surface area contributed by atoms with E-state index < -0.39 is 96.8 Å². The fraction of sp³-hybridized carbons (Fsp3) is 0.405. The molecule has 17 nitrogen and oxygen atoms in total. The molecule has 3 aliphatic rings. The molecule has 0 saturated heterocycles. The number of hydrogen-bond acceptors (Lipinski definition) is 10. The molecule has 2 aliphatic carbocycles. The molecule has 59 heavy (non-hydrogen) atoms. The zero-order chi connectivity index (χ0) is 43.1. The van der Waals surface area contributed by atoms with Gasteiger partial charge in [0.25, 0.3) is 0 Å². The lowest BCUT2D eigenvalue weighted by atomic mass is 9.79. The summed E-state index contributed by atoms with van der Waals surface area (Å²) in [7, 11) is 2.69. The molecular weight excluding hydrogens is 764 g/mol. The summed E-state index contributed by atoms with van der Waals surface area (Å²) in [5, 5.41) is 53.5. The van der Waals surface area contributed by atoms with Crippen LogP contribution >= 0.6 is 0 Å². The summed E-state index contributed by atoms with van der Waals surface area (Å²) >= 11 is 0. The second kappa shape index (κ2) is 18.9. The van der Waals surface area contributed by atoms with Crippen LogP contribution in [0.3, 0.4) is 0 Å². The van der Waals surface area contributed by atoms with Crippen LogP contribution in [0.4, 0.5) is 0 Å². The number of amides is 6. The van der Waals surface area contributed by atoms with E-state index in [1.807, 2.05) is 36.4 Å². The van der Waals surface area contributed by atoms with Gasteiger partial charge in [-0.25, -0.2) is 4.79 Å². The Hall–Kier alpha value is -6.33. The Labute approximate surface area is 340 Å². The zero-order valence-corrected chi connectivity index (χ0v) is 33.2. The molecule has 8 N–H and O–H groups in total. The number of allylic oxidation sites excluding steroid dienone is 2. The monoisotopic (exact) mass is 814 g/mol. The summed E-state index contributed by atoms with van der Waals surface area (Å²) in [6.07, 6.45) is 4.91. The maximum Gasteiger partial charge on any atom is 0.326 e. The van der Waals surface area contributed by atoms with Crippen molar-refractivity contribution in [2.45, 2.75) is 75.8 Å². The molecule has 0 radical (unpaired) electrons. The molecule has 0 aromatic heterocycles. The lowest BCUT2D eigenvalue weighted by Crippen LogP contribution is -2.58. The zero-order valence-electron chi connectivity index (χ0n) is 33.2. The summed E-state index contributed by atoms with van der Waals surface area (Å²) in [6, 6.07) is 6.71. The van der Waals surface area contributed by atoms with Gasteiger partial charge in [-0.15, -0.1) is 0 Å². The van der Waals surface area contributed by atoms with Gasteiger partial charge in [0.2, 0.25) is 35.4 Å². The third kappa shape index (κ3) is 10.4. The number of benzene rings is 2. The maximum absolute atomic E-state index is 13.9. The standard InChI is InChI=1S/C42H50N6O11/c1-22(44-40(56)32(21-49)47(3)35(52)18-24-9-11-26-7-5-6-8-27(26)15-24)38(54)43-20-36(53)48(4)37-28-12-14-34(51)30(19-28)29-16-25(10-13-33(29)50)17-31(42(58)59)46-39(55)23(2)45-41(37)57/h5-12,14-16,22-23,28,31-33,37,49-51H,13,17-21H2,1-4H3,(H,43,54)(H,44,56)(H,45,57)(H,46,55)(H,58,59)/t22-,23+,28+,31+,32-,33+,37+/m1/s1. The highest BCUT2D eigenvalue weighted by Crippen LogP contribution is 2.36. The fourth-order valence-corrected chi connectivity index (χ4v) is 7.31. The van der Waals surface area contributed by atoms with Gasteiger partial charge in [-0.2, -0.15) is 0 Å². The number of nitrogens with zero attached hydrogens (tertiary/aromatic N) is 2. The van der Waals surface area contributed by atoms with Crippen molar-refractivity contribution < 1.29 is 54.0 Å². The van der Waals surface area contributed by atoms with Crippen molar-refractivity contribution in [2.75, 3.05) is 27.2 Å². The van der Waals surface area contributed by atoms with Crippen LogP contribution in [0.2, 0.25) is 0 Å². The van der Waals surface area contributed by atoms with E-state index in [0.717, 1.165) is 20.6 Å². The average Bonchev–Trinajstić information content (AvgIpc) is 3.20. The fourth-order valence-electron chi connectivity index (χ4n) is 7.31. The second-order valence-electron chi connectivity index (χ2n) is 15.0. The first-order chi connectivity index (χ1) is 28.0. The molecule has 0 saturated carbocycles. The van der Waals surface area contributed by atoms with Crippen LogP contribution < -0.4 is 21.3 Å². The van der Waals surface area contributed by atoms with Gasteiger partial charge in [-0.05, 0) is 60.2 Å². The Morgan fingerprint density at radius 1 is 0.949 bits per heavy atom. The summed E-state index contributed by atoms with van der Waals surface area (Å²) in [6.45, 7) is 1.34. The molecule has 4 bridgehead atoms. The minimum Gasteiger partial charge on any atom is -0.508 e. The Morgan fingerprint density at radius 3 is 2.36 bits per heavy atom. The number of carboxylic acid groups (broad SMARTS) is 1. The number of aliphatic hydroxyl groups is 3. The number of carbonyl (C=O) groups is 7. The third-order valence-electron chi connectivity index (χ3n) is 10.9. The highest BCUT2D eigenvalue weighted by atomic mass is 16.4. The number of carboxylic acids is 1. The molecule has 2 aromatic carbocycles. The van der Waals surface area contributed by atoms with Crippen molar-refractivity contribution in [3.63, 3.8) is 0 Å². The Kier molecular flexibility index (Phi) is 14.1. The molecule has 17 heteroatoms. The Morgan fingerprint density at radius 2 is 1.66 bits per heavy atom. The maximum atomic E-state index is 13.9. The minimum absolute atomic E-state index is 0.0300. The minimum atomic E-state index is -1.37. The first-order valence-corrected chi connectivity index (χ1v) is 19.2. The van der Waals surface area contributed by atoms with E-state index >= 15 is 0 Å². The van der Waals surface area contributed by atoms with Crippen molar-refractivity contribution in [1.82, 2.24) is 31.1 Å². The molecule has 5 rings (SSSR count). The summed E-state index contributed by atoms with van der Waals surface area (Å²) in [5.74, 6) is -6.67. The lowest BCUT2D eigenvalue weighted by molar-refractivity contribution is -0.143. The van der Waals surface area contributed by atoms with Gasteiger partial charge in [0.1, 0.15) is 36.0 Å². The molecule has 6 amide bonds. The van der Waals surface area contributed by atoms with E-state index in [1.165, 1.54) is 40.1 Å². The van der Waals surface area contributed by atoms with Gasteiger partial charge in [0.15, 0.2) is 0 Å². The first-order valence-electron chi connectivity index (χ1n) is 19.2. The number of hydrogen-bond donors (Lipinski definition) is 8. The number of likely N-dealkylation sites (N-methyl/N-ethyl adjacent to an activating group) is 2. The van der Waals surface area contributed by atoms with Crippen LogP contribution in [0.25, 0.3) is 10.8 Å². The van der Waals surface area contributed by atoms with Gasteiger partial charge >= 0.3 is 5.97 Å². The summed E-state index contributed by atoms with van der Waals surface area (Å²) in [5.41, 5.74) is 1.80. The van der Waals surface area contributed by atoms with E-state index in [-0.39, 0.29) is 37.0 Å². The second-order valence-corrected chi connectivity index (χ2v) is 15.0. The van der Waals surface area contributed by atoms with Gasteiger partial charge < -0.3 is 51.5 Å². The molecule has 0 unspecified atom stereocenters. The van der Waals surface area contributed by atoms with Gasteiger partial charge in [0, 0.05) is 32.0 Å². The predicted molar refractivity (Wildman–Crippen MR) is 214 cm³/mol. The van der Waals surface area contributed by atoms with Gasteiger partial charge in [0.05, 0.1) is 25.7 Å². The highest BCUT2D eigenvalue weighted by molar-refractivity contribution is 5.96. The SMILES string of the molecule is C[C@@H]1NC(=O)[C@@H](N(C)C(=O)CNC(=O)[C@@H](C)NC(=O)[C@@H](CO)N(C)C(=O)Cc2ccc3ccccc3c2)[C@H]2C=CC(O)=C(C2)C2=CC(=CC[C@@H]2O)C[C@@H](C(=O)O)NC1=O. The van der Waals surface area contributed by atoms with Crippen LogP contribution in [0.1, 0.15) is 38.7 Å². The molecule has 0 fully saturated rings. The average molecular weight is 815 g/mol. The molecule has 7 atom stereocenters. The van der Waals surface area contributed by atoms with Crippen molar-refractivity contribution >= 4 is 52.2 Å². The van der Waals surface area contributed by atoms with E-state index in [2.05, 4.69) is 21.3 Å². The number of carbonyl (C=O) groups excluding carboxylic acids is 6. The lowest BCUT2D eigenvalue weighted by Gasteiger charge is -2.36. The number of rotatable bonds is 11. The van der Waals surface area contributed by atoms with Gasteiger partial charge in [-0.3, -0.25) is 28.8 Å². The van der Waals surface area contributed by atoms with Crippen molar-refractivity contribution in [2.24, 2.45) is 5.92 Å². The number of aliphatic carboxylic acids is 1. The topological polar surface area (TPSA) is 255 Å². The van der Waals surface area contributed by atoms with Crippen LogP contribution in [-0.4, -0.2) is 135 Å². The van der Waals surface area contributed by atoms with E-state index in [4.69, 9.17) is 0 Å². The molecule has 2 aromatic rings. The van der Waals surface area contributed by atoms with E-state index in [1.54, 1.807) is 18.2 Å². The molecule has 0 spiro atoms. The van der Waals surface area contributed by atoms with Crippen molar-refractivity contribution in [3.8, 4) is 0 Å². The molecule has 1 heterocycles. The van der Waals surface area contributed by atoms with Crippen LogP contribution in [0.15, 0.2) is 89.2 Å². The van der Waals surface area contributed by atoms with E-state index in [0.29, 0.717) is 16.7 Å². The smallest absolute Gasteiger partial charge is 0.326 e. The van der Waals surface area contributed by atoms with Crippen LogP contribution in [0.5, 0.6) is 0 Å². The number of aliphatic hydroxyl groups excluding tert-OH is 3. The molecule has 314 valence electrons. The molecule has 1 aliphatic heterocycles. The van der Waals surface area contributed by atoms with Crippen LogP contribution in [0, 0.1) is 5.92 Å². The third-order valence-corrected chi connectivity index (χ3v) is 10.9. The predicted octanol–water partition coefficient (Wildman–Crippen LogP) is 0.133. The largest absolute Gasteiger partial charge is 0.508 e. The number of nitrogens with one attached hydrogen (secondary N) is 4. The highest BCUT2D eigenvalue weighted by Gasteiger charge is 2.39. The number of fused-ring (bicyclic) bond motifs is 5. The Bertz CT molecular complexity index is 2140. The van der Waals surface area contributed by atoms with Crippen molar-refractivity contribution in [1.29, 1.82) is 0 Å². The Balaban J connectivity index is 1.25. The van der Waals surface area contributed by atoms with Crippen molar-refractivity contribution in [3.05, 3.63) is 94.8 Å². The van der Waals surface area contributed by atoms with Crippen LogP contribution in [-0.2, 0) is 40.0 Å². The normalized spacial score (nSPS) is 23.0. The molecular formula is C42H50N6O11. The summed E-state index contributed by atoms with van der Waals surface area (Å²) in [4.78, 5) is 94.4. The van der Waals surface area contributed by atoms with Gasteiger partial charge in [-0.1, -0.05) is 60.7 Å². The van der Waals surface area contributed by atoms with E-state index in [9.17, 15) is 54.0 Å².